The minimum absolute atomic E-state index is 0.216. The predicted molar refractivity (Wildman–Crippen MR) is 104 cm³/mol. The normalized spacial score (nSPS) is 12.9. The van der Waals surface area contributed by atoms with E-state index in [1.165, 1.54) is 24.8 Å². The lowest BCUT2D eigenvalue weighted by atomic mass is 10.3. The van der Waals surface area contributed by atoms with E-state index in [1.54, 1.807) is 36.6 Å². The van der Waals surface area contributed by atoms with Gasteiger partial charge in [0.2, 0.25) is 0 Å². The maximum Gasteiger partial charge on any atom is 0.319 e. The van der Waals surface area contributed by atoms with Gasteiger partial charge in [-0.1, -0.05) is 11.6 Å². The summed E-state index contributed by atoms with van der Waals surface area (Å²) in [6.07, 6.45) is -1.02. The molecule has 0 aliphatic rings. The maximum atomic E-state index is 12.2. The Kier molecular flexibility index (Phi) is 7.07. The van der Waals surface area contributed by atoms with Gasteiger partial charge in [0, 0.05) is 9.92 Å². The lowest BCUT2D eigenvalue weighted by molar-refractivity contribution is -0.152. The summed E-state index contributed by atoms with van der Waals surface area (Å²) in [5.41, 5.74) is 5.45. The Bertz CT molecular complexity index is 807. The molecule has 1 aromatic carbocycles. The average molecular weight is 413 g/mol. The summed E-state index contributed by atoms with van der Waals surface area (Å²) < 4.78 is 5.21. The molecule has 2 aromatic rings. The van der Waals surface area contributed by atoms with Crippen LogP contribution in [0.2, 0.25) is 5.02 Å². The van der Waals surface area contributed by atoms with Crippen LogP contribution in [0.1, 0.15) is 24.2 Å². The van der Waals surface area contributed by atoms with E-state index in [2.05, 4.69) is 5.32 Å². The first-order chi connectivity index (χ1) is 12.3. The molecule has 0 radical (unpaired) electrons. The highest BCUT2D eigenvalue weighted by Crippen LogP contribution is 2.26. The zero-order valence-electron chi connectivity index (χ0n) is 14.0. The number of thioether (sulfide) groups is 1. The topological polar surface area (TPSA) is 98.5 Å². The van der Waals surface area contributed by atoms with Crippen molar-refractivity contribution in [3.05, 3.63) is 46.3 Å². The van der Waals surface area contributed by atoms with E-state index in [0.29, 0.717) is 10.0 Å². The van der Waals surface area contributed by atoms with Crippen LogP contribution in [0.4, 0.5) is 5.00 Å². The Morgan fingerprint density at radius 1 is 1.19 bits per heavy atom. The van der Waals surface area contributed by atoms with Gasteiger partial charge in [-0.05, 0) is 49.6 Å². The zero-order valence-corrected chi connectivity index (χ0v) is 16.4. The van der Waals surface area contributed by atoms with Crippen LogP contribution in [-0.2, 0) is 14.3 Å². The van der Waals surface area contributed by atoms with Gasteiger partial charge in [0.25, 0.3) is 11.8 Å². The van der Waals surface area contributed by atoms with Crippen LogP contribution in [0.3, 0.4) is 0 Å². The summed E-state index contributed by atoms with van der Waals surface area (Å²) in [6, 6.07) is 8.58. The molecule has 0 unspecified atom stereocenters. The summed E-state index contributed by atoms with van der Waals surface area (Å²) in [5, 5.41) is 4.62. The number of anilines is 1. The van der Waals surface area contributed by atoms with Crippen molar-refractivity contribution >= 4 is 57.5 Å². The first-order valence-electron chi connectivity index (χ1n) is 7.58. The molecule has 1 heterocycles. The first kappa shape index (κ1) is 20.3. The average Bonchev–Trinajstić information content (AvgIpc) is 3.05. The second-order valence-electron chi connectivity index (χ2n) is 5.31. The van der Waals surface area contributed by atoms with Gasteiger partial charge in [-0.3, -0.25) is 14.4 Å². The van der Waals surface area contributed by atoms with Gasteiger partial charge in [-0.25, -0.2) is 0 Å². The molecule has 0 aliphatic carbocycles. The van der Waals surface area contributed by atoms with Gasteiger partial charge < -0.3 is 15.8 Å². The second kappa shape index (κ2) is 9.07. The molecule has 6 nitrogen and oxygen atoms in total. The number of benzene rings is 1. The van der Waals surface area contributed by atoms with E-state index in [1.807, 2.05) is 0 Å². The Morgan fingerprint density at radius 2 is 1.85 bits per heavy atom. The van der Waals surface area contributed by atoms with E-state index < -0.39 is 29.1 Å². The second-order valence-corrected chi connectivity index (χ2v) is 8.08. The number of nitrogens with one attached hydrogen (secondary N) is 1. The fraction of sp³-hybridized carbons (Fsp3) is 0.235. The molecule has 0 bridgehead atoms. The molecule has 9 heteroatoms. The third-order valence-electron chi connectivity index (χ3n) is 3.29. The highest BCUT2D eigenvalue weighted by atomic mass is 35.5. The van der Waals surface area contributed by atoms with E-state index in [4.69, 9.17) is 22.1 Å². The number of amides is 2. The van der Waals surface area contributed by atoms with Crippen molar-refractivity contribution in [3.8, 4) is 0 Å². The fourth-order valence-corrected chi connectivity index (χ4v) is 3.68. The zero-order chi connectivity index (χ0) is 19.3. The SMILES string of the molecule is C[C@H](Sc1ccc(Cl)cc1)C(=O)O[C@H](C)C(=O)Nc1sccc1C(N)=O. The van der Waals surface area contributed by atoms with Crippen LogP contribution in [0.5, 0.6) is 0 Å². The molecule has 2 rings (SSSR count). The number of esters is 1. The van der Waals surface area contributed by atoms with Crippen molar-refractivity contribution in [3.63, 3.8) is 0 Å². The van der Waals surface area contributed by atoms with Crippen molar-refractivity contribution in [2.24, 2.45) is 5.73 Å². The largest absolute Gasteiger partial charge is 0.452 e. The number of ether oxygens (including phenoxy) is 1. The molecule has 3 N–H and O–H groups in total. The molecule has 26 heavy (non-hydrogen) atoms. The van der Waals surface area contributed by atoms with Gasteiger partial charge in [-0.2, -0.15) is 0 Å². The quantitative estimate of drug-likeness (QED) is 0.535. The maximum absolute atomic E-state index is 12.2. The molecule has 2 amide bonds. The van der Waals surface area contributed by atoms with Crippen LogP contribution in [0.25, 0.3) is 0 Å². The van der Waals surface area contributed by atoms with E-state index >= 15 is 0 Å². The van der Waals surface area contributed by atoms with Crippen LogP contribution < -0.4 is 11.1 Å². The van der Waals surface area contributed by atoms with Gasteiger partial charge in [0.15, 0.2) is 6.10 Å². The van der Waals surface area contributed by atoms with E-state index in [0.717, 1.165) is 16.2 Å². The molecule has 1 aromatic heterocycles. The van der Waals surface area contributed by atoms with Crippen LogP contribution in [-0.4, -0.2) is 29.1 Å². The van der Waals surface area contributed by atoms with Gasteiger partial charge >= 0.3 is 5.97 Å². The number of rotatable bonds is 7. The van der Waals surface area contributed by atoms with Crippen molar-refractivity contribution in [2.75, 3.05) is 5.32 Å². The number of carbonyl (C=O) groups is 3. The summed E-state index contributed by atoms with van der Waals surface area (Å²) in [4.78, 5) is 36.5. The van der Waals surface area contributed by atoms with E-state index in [9.17, 15) is 14.4 Å². The molecule has 0 fully saturated rings. The fourth-order valence-electron chi connectivity index (χ4n) is 1.90. The molecular weight excluding hydrogens is 396 g/mol. The van der Waals surface area contributed by atoms with Crippen molar-refractivity contribution in [1.82, 2.24) is 0 Å². The summed E-state index contributed by atoms with van der Waals surface area (Å²) in [7, 11) is 0. The van der Waals surface area contributed by atoms with Gasteiger partial charge in [0.1, 0.15) is 10.3 Å². The Labute approximate surface area is 164 Å². The number of nitrogens with two attached hydrogens (primary N) is 1. The Hall–Kier alpha value is -2.03. The molecular formula is C17H17ClN2O4S2. The third-order valence-corrected chi connectivity index (χ3v) is 5.46. The number of halogens is 1. The number of hydrogen-bond acceptors (Lipinski definition) is 6. The lowest BCUT2D eigenvalue weighted by Gasteiger charge is -2.16. The minimum atomic E-state index is -1.02. The monoisotopic (exact) mass is 412 g/mol. The molecule has 2 atom stereocenters. The first-order valence-corrected chi connectivity index (χ1v) is 9.72. The van der Waals surface area contributed by atoms with Gasteiger partial charge in [-0.15, -0.1) is 23.1 Å². The minimum Gasteiger partial charge on any atom is -0.452 e. The molecule has 0 saturated carbocycles. The highest BCUT2D eigenvalue weighted by Gasteiger charge is 2.24. The van der Waals surface area contributed by atoms with Crippen molar-refractivity contribution < 1.29 is 19.1 Å². The lowest BCUT2D eigenvalue weighted by Crippen LogP contribution is -2.32. The summed E-state index contributed by atoms with van der Waals surface area (Å²) in [5.74, 6) is -1.69. The van der Waals surface area contributed by atoms with E-state index in [-0.39, 0.29) is 5.56 Å². The van der Waals surface area contributed by atoms with Crippen LogP contribution >= 0.6 is 34.7 Å². The molecule has 138 valence electrons. The van der Waals surface area contributed by atoms with Crippen molar-refractivity contribution in [2.45, 2.75) is 30.1 Å². The molecule has 0 spiro atoms. The summed E-state index contributed by atoms with van der Waals surface area (Å²) >= 11 is 8.30. The highest BCUT2D eigenvalue weighted by molar-refractivity contribution is 8.00. The number of thiophene rings is 1. The molecule has 0 aliphatic heterocycles. The van der Waals surface area contributed by atoms with Crippen LogP contribution in [0, 0.1) is 0 Å². The number of primary amides is 1. The predicted octanol–water partition coefficient (Wildman–Crippen LogP) is 3.55. The van der Waals surface area contributed by atoms with Crippen molar-refractivity contribution in [1.29, 1.82) is 0 Å². The standard InChI is InChI=1S/C17H17ClN2O4S2/c1-9(15(22)20-16-13(14(19)21)7-8-25-16)24-17(23)10(2)26-12-5-3-11(18)4-6-12/h3-10H,1-2H3,(H2,19,21)(H,20,22)/t9-,10+/m1/s1. The number of hydrogen-bond donors (Lipinski definition) is 2. The Balaban J connectivity index is 1.90. The third kappa shape index (κ3) is 5.48. The smallest absolute Gasteiger partial charge is 0.319 e. The summed E-state index contributed by atoms with van der Waals surface area (Å²) in [6.45, 7) is 3.15. The van der Waals surface area contributed by atoms with Gasteiger partial charge in [0.05, 0.1) is 5.56 Å². The molecule has 0 saturated heterocycles. The van der Waals surface area contributed by atoms with Crippen LogP contribution in [0.15, 0.2) is 40.6 Å². The Morgan fingerprint density at radius 3 is 2.46 bits per heavy atom. The number of carbonyl (C=O) groups excluding carboxylic acids is 3.